The van der Waals surface area contributed by atoms with Gasteiger partial charge in [-0.15, -0.1) is 0 Å². The lowest BCUT2D eigenvalue weighted by atomic mass is 10.1. The van der Waals surface area contributed by atoms with E-state index < -0.39 is 70.2 Å². The highest BCUT2D eigenvalue weighted by Gasteiger charge is 2.34. The quantitative estimate of drug-likeness (QED) is 0.310. The summed E-state index contributed by atoms with van der Waals surface area (Å²) in [7, 11) is 0. The highest BCUT2D eigenvalue weighted by atomic mass is 19.4. The van der Waals surface area contributed by atoms with Crippen LogP contribution < -0.4 is 11.1 Å². The molecule has 0 saturated heterocycles. The smallest absolute Gasteiger partial charge is 0.383 e. The van der Waals surface area contributed by atoms with Gasteiger partial charge in [0.2, 0.25) is 5.95 Å². The predicted molar refractivity (Wildman–Crippen MR) is 113 cm³/mol. The van der Waals surface area contributed by atoms with Gasteiger partial charge in [0.15, 0.2) is 11.6 Å². The first-order valence-electron chi connectivity index (χ1n) is 10.1. The van der Waals surface area contributed by atoms with Crippen molar-refractivity contribution in [2.45, 2.75) is 18.5 Å². The fourth-order valence-corrected chi connectivity index (χ4v) is 2.99. The molecule has 0 spiro atoms. The fraction of sp³-hybridized carbons (Fsp3) is 0.143. The summed E-state index contributed by atoms with van der Waals surface area (Å²) >= 11 is 0. The van der Waals surface area contributed by atoms with E-state index in [0.717, 1.165) is 24.4 Å². The molecule has 0 fully saturated rings. The van der Waals surface area contributed by atoms with Crippen LogP contribution in [0.5, 0.6) is 0 Å². The summed E-state index contributed by atoms with van der Waals surface area (Å²) in [4.78, 5) is 21.8. The summed E-state index contributed by atoms with van der Waals surface area (Å²) in [5, 5.41) is 2.41. The number of nitrogen functional groups attached to an aromatic ring is 1. The molecule has 198 valence electrons. The lowest BCUT2D eigenvalue weighted by Crippen LogP contribution is -2.11. The van der Waals surface area contributed by atoms with Gasteiger partial charge in [0.25, 0.3) is 0 Å². The molecule has 0 bridgehead atoms. The Morgan fingerprint density at radius 3 is 2.03 bits per heavy atom. The van der Waals surface area contributed by atoms with E-state index in [4.69, 9.17) is 5.73 Å². The number of nitrogens with one attached hydrogen (secondary N) is 1. The van der Waals surface area contributed by atoms with Crippen molar-refractivity contribution in [1.82, 2.24) is 29.9 Å². The zero-order chi connectivity index (χ0) is 27.9. The Morgan fingerprint density at radius 1 is 0.684 bits per heavy atom. The van der Waals surface area contributed by atoms with Crippen LogP contribution in [0.4, 0.5) is 57.0 Å². The molecule has 0 unspecified atom stereocenters. The van der Waals surface area contributed by atoms with Gasteiger partial charge in [-0.2, -0.15) is 49.5 Å². The maximum atomic E-state index is 13.3. The number of rotatable bonds is 4. The normalized spacial score (nSPS) is 12.4. The molecule has 17 heteroatoms. The van der Waals surface area contributed by atoms with Gasteiger partial charge in [0.1, 0.15) is 22.9 Å². The molecule has 0 saturated carbocycles. The second-order valence-corrected chi connectivity index (χ2v) is 7.42. The monoisotopic (exact) mass is 546 g/mol. The standard InChI is InChI=1S/C21H11F9N8/c22-19(23,24)9-6-11(15(31)33-8-9)16-36-17(12-2-1-3-13(35-12)20(25,26)27)38-18(37-16)34-10-4-5-32-14(7-10)21(28,29)30/h1-8H,(H2,31,33)(H,32,34,36,37,38). The zero-order valence-corrected chi connectivity index (χ0v) is 18.3. The molecule has 4 rings (SSSR count). The van der Waals surface area contributed by atoms with Crippen molar-refractivity contribution in [3.8, 4) is 22.9 Å². The number of halogens is 9. The summed E-state index contributed by atoms with van der Waals surface area (Å²) in [6, 6.07) is 4.97. The Kier molecular flexibility index (Phi) is 6.54. The topological polar surface area (TPSA) is 115 Å². The Balaban J connectivity index is 1.88. The van der Waals surface area contributed by atoms with Gasteiger partial charge in [0.05, 0.1) is 11.1 Å². The van der Waals surface area contributed by atoms with Gasteiger partial charge in [-0.05, 0) is 30.3 Å². The van der Waals surface area contributed by atoms with Crippen LogP contribution in [0.15, 0.2) is 48.8 Å². The van der Waals surface area contributed by atoms with Crippen LogP contribution in [0.1, 0.15) is 17.0 Å². The molecule has 4 aromatic heterocycles. The van der Waals surface area contributed by atoms with Gasteiger partial charge in [-0.3, -0.25) is 4.98 Å². The van der Waals surface area contributed by atoms with Crippen LogP contribution in [-0.4, -0.2) is 29.9 Å². The summed E-state index contributed by atoms with van der Waals surface area (Å²) in [5.41, 5.74) is 0.681. The van der Waals surface area contributed by atoms with Gasteiger partial charge in [0, 0.05) is 18.1 Å². The maximum absolute atomic E-state index is 13.3. The van der Waals surface area contributed by atoms with E-state index in [2.05, 4.69) is 35.2 Å². The largest absolute Gasteiger partial charge is 0.433 e. The SMILES string of the molecule is Nc1ncc(C(F)(F)F)cc1-c1nc(Nc2ccnc(C(F)(F)F)c2)nc(-c2cccc(C(F)(F)F)n2)n1. The third-order valence-corrected chi connectivity index (χ3v) is 4.70. The summed E-state index contributed by atoms with van der Waals surface area (Å²) < 4.78 is 118. The number of aromatic nitrogens is 6. The first kappa shape index (κ1) is 26.5. The molecule has 4 heterocycles. The number of nitrogens with two attached hydrogens (primary N) is 1. The molecule has 0 aromatic carbocycles. The minimum Gasteiger partial charge on any atom is -0.383 e. The minimum absolute atomic E-state index is 0.248. The van der Waals surface area contributed by atoms with Crippen LogP contribution >= 0.6 is 0 Å². The number of hydrogen-bond acceptors (Lipinski definition) is 8. The van der Waals surface area contributed by atoms with Crippen LogP contribution in [0.2, 0.25) is 0 Å². The molecule has 0 aliphatic carbocycles. The Morgan fingerprint density at radius 2 is 1.37 bits per heavy atom. The van der Waals surface area contributed by atoms with E-state index in [1.165, 1.54) is 0 Å². The van der Waals surface area contributed by atoms with Crippen molar-refractivity contribution in [3.63, 3.8) is 0 Å². The fourth-order valence-electron chi connectivity index (χ4n) is 2.99. The van der Waals surface area contributed by atoms with E-state index in [1.54, 1.807) is 0 Å². The van der Waals surface area contributed by atoms with Gasteiger partial charge in [-0.25, -0.2) is 15.0 Å². The molecule has 0 aliphatic rings. The van der Waals surface area contributed by atoms with Crippen molar-refractivity contribution in [3.05, 3.63) is 65.7 Å². The second kappa shape index (κ2) is 9.38. The van der Waals surface area contributed by atoms with Crippen LogP contribution in [0.25, 0.3) is 22.9 Å². The number of nitrogens with zero attached hydrogens (tertiary/aromatic N) is 6. The second-order valence-electron chi connectivity index (χ2n) is 7.42. The van der Waals surface area contributed by atoms with Crippen molar-refractivity contribution in [1.29, 1.82) is 0 Å². The van der Waals surface area contributed by atoms with Gasteiger partial charge >= 0.3 is 18.5 Å². The van der Waals surface area contributed by atoms with E-state index in [0.29, 0.717) is 24.4 Å². The molecule has 0 aliphatic heterocycles. The van der Waals surface area contributed by atoms with Crippen molar-refractivity contribution < 1.29 is 39.5 Å². The molecular weight excluding hydrogens is 535 g/mol. The molecule has 0 radical (unpaired) electrons. The lowest BCUT2D eigenvalue weighted by Gasteiger charge is -2.13. The Labute approximate surface area is 205 Å². The Bertz CT molecular complexity index is 1480. The van der Waals surface area contributed by atoms with E-state index >= 15 is 0 Å². The highest BCUT2D eigenvalue weighted by molar-refractivity contribution is 5.71. The molecule has 3 N–H and O–H groups in total. The maximum Gasteiger partial charge on any atom is 0.433 e. The first-order chi connectivity index (χ1) is 17.6. The minimum atomic E-state index is -4.85. The first-order valence-corrected chi connectivity index (χ1v) is 10.1. The van der Waals surface area contributed by atoms with Gasteiger partial charge < -0.3 is 11.1 Å². The van der Waals surface area contributed by atoms with E-state index in [-0.39, 0.29) is 5.69 Å². The molecule has 0 amide bonds. The van der Waals surface area contributed by atoms with Crippen molar-refractivity contribution in [2.24, 2.45) is 0 Å². The summed E-state index contributed by atoms with van der Waals surface area (Å²) in [5.74, 6) is -2.13. The number of anilines is 3. The molecule has 8 nitrogen and oxygen atoms in total. The third-order valence-electron chi connectivity index (χ3n) is 4.70. The van der Waals surface area contributed by atoms with Crippen LogP contribution in [0, 0.1) is 0 Å². The van der Waals surface area contributed by atoms with Crippen molar-refractivity contribution >= 4 is 17.5 Å². The zero-order valence-electron chi connectivity index (χ0n) is 18.3. The average Bonchev–Trinajstić information content (AvgIpc) is 2.82. The van der Waals surface area contributed by atoms with E-state index in [1.807, 2.05) is 0 Å². The van der Waals surface area contributed by atoms with Gasteiger partial charge in [-0.1, -0.05) is 6.07 Å². The number of alkyl halides is 9. The predicted octanol–water partition coefficient (Wildman–Crippen LogP) is 5.77. The summed E-state index contributed by atoms with van der Waals surface area (Å²) in [6.45, 7) is 0. The molecule has 4 aromatic rings. The van der Waals surface area contributed by atoms with Crippen LogP contribution in [0.3, 0.4) is 0 Å². The lowest BCUT2D eigenvalue weighted by molar-refractivity contribution is -0.141. The molecule has 38 heavy (non-hydrogen) atoms. The molecule has 0 atom stereocenters. The molecular formula is C21H11F9N8. The van der Waals surface area contributed by atoms with E-state index in [9.17, 15) is 39.5 Å². The van der Waals surface area contributed by atoms with Crippen molar-refractivity contribution in [2.75, 3.05) is 11.1 Å². The highest BCUT2D eigenvalue weighted by Crippen LogP contribution is 2.35. The number of hydrogen-bond donors (Lipinski definition) is 2. The third kappa shape index (κ3) is 5.87. The average molecular weight is 546 g/mol. The number of pyridine rings is 3. The van der Waals surface area contributed by atoms with Crippen LogP contribution in [-0.2, 0) is 18.5 Å². The summed E-state index contributed by atoms with van der Waals surface area (Å²) in [6.07, 6.45) is -13.2. The Hall–Kier alpha value is -4.57.